The Bertz CT molecular complexity index is 953. The lowest BCUT2D eigenvalue weighted by atomic mass is 10.1. The van der Waals surface area contributed by atoms with Crippen molar-refractivity contribution in [1.82, 2.24) is 0 Å². The van der Waals surface area contributed by atoms with Gasteiger partial charge in [0.25, 0.3) is 0 Å². The number of hydrogen-bond donors (Lipinski definition) is 0. The Balaban J connectivity index is 2.25. The fourth-order valence-electron chi connectivity index (χ4n) is 4.58. The first kappa shape index (κ1) is 21.1. The molecule has 148 valence electrons. The van der Waals surface area contributed by atoms with Gasteiger partial charge in [-0.3, -0.25) is 0 Å². The summed E-state index contributed by atoms with van der Waals surface area (Å²) in [5.74, 6) is 0.564. The number of hydrogen-bond acceptors (Lipinski definition) is 0. The lowest BCUT2D eigenvalue weighted by molar-refractivity contribution is 0.854. The molecule has 0 saturated carbocycles. The Morgan fingerprint density at radius 1 is 0.714 bits per heavy atom. The fraction of sp³-hybridized carbons (Fsp3) is 0.385. The van der Waals surface area contributed by atoms with E-state index >= 15 is 0 Å². The van der Waals surface area contributed by atoms with Gasteiger partial charge in [0.05, 0.1) is 8.07 Å². The molecule has 0 spiro atoms. The molecule has 0 nitrogen and oxygen atoms in total. The van der Waals surface area contributed by atoms with Crippen LogP contribution in [0.1, 0.15) is 38.8 Å². The molecule has 0 bridgehead atoms. The quantitative estimate of drug-likeness (QED) is 0.627. The maximum Gasteiger partial charge on any atom is 0.129 e. The van der Waals surface area contributed by atoms with Crippen molar-refractivity contribution in [3.63, 3.8) is 0 Å². The van der Waals surface area contributed by atoms with E-state index in [9.17, 15) is 0 Å². The zero-order valence-corrected chi connectivity index (χ0v) is 21.4. The highest BCUT2D eigenvalue weighted by Gasteiger charge is 2.33. The number of allylic oxidation sites excluding steroid dienone is 4. The molecule has 0 radical (unpaired) electrons. The molecule has 0 fully saturated rings. The number of rotatable bonds is 4. The highest BCUT2D eigenvalue weighted by atomic mass is 28.3. The fourth-order valence-corrected chi connectivity index (χ4v) is 9.87. The minimum Gasteiger partial charge on any atom is -0.0656 e. The summed E-state index contributed by atoms with van der Waals surface area (Å²) in [5, 5.41) is 6.48. The first-order valence-electron chi connectivity index (χ1n) is 10.6. The smallest absolute Gasteiger partial charge is 0.0656 e. The van der Waals surface area contributed by atoms with E-state index in [1.807, 2.05) is 0 Å². The molecule has 2 aromatic rings. The van der Waals surface area contributed by atoms with Crippen LogP contribution in [0.5, 0.6) is 0 Å². The van der Waals surface area contributed by atoms with Gasteiger partial charge < -0.3 is 0 Å². The first-order chi connectivity index (χ1) is 13.0. The van der Waals surface area contributed by atoms with Crippen molar-refractivity contribution < 1.29 is 0 Å². The zero-order chi connectivity index (χ0) is 20.8. The van der Waals surface area contributed by atoms with E-state index in [0.717, 1.165) is 0 Å². The maximum atomic E-state index is 2.58. The molecule has 0 N–H and O–H groups in total. The van der Waals surface area contributed by atoms with E-state index in [4.69, 9.17) is 0 Å². The van der Waals surface area contributed by atoms with Gasteiger partial charge in [0.2, 0.25) is 0 Å². The lowest BCUT2D eigenvalue weighted by Crippen LogP contribution is -2.49. The van der Waals surface area contributed by atoms with Crippen molar-refractivity contribution in [3.05, 3.63) is 75.5 Å². The first-order valence-corrected chi connectivity index (χ1v) is 15.8. The van der Waals surface area contributed by atoms with Crippen LogP contribution in [0.4, 0.5) is 0 Å². The van der Waals surface area contributed by atoms with E-state index in [0.29, 0.717) is 5.92 Å². The van der Waals surface area contributed by atoms with Crippen molar-refractivity contribution >= 4 is 32.4 Å². The summed E-state index contributed by atoms with van der Waals surface area (Å²) in [7, 11) is -2.84. The predicted octanol–water partition coefficient (Wildman–Crippen LogP) is 5.03. The molecular weight excluding hydrogens is 368 g/mol. The monoisotopic (exact) mass is 404 g/mol. The van der Waals surface area contributed by atoms with Gasteiger partial charge in [-0.2, -0.15) is 0 Å². The summed E-state index contributed by atoms with van der Waals surface area (Å²) in [6.07, 6.45) is 0. The molecule has 2 aromatic carbocycles. The second-order valence-electron chi connectivity index (χ2n) is 9.84. The molecule has 0 aromatic heterocycles. The summed E-state index contributed by atoms with van der Waals surface area (Å²) in [6.45, 7) is 21.3. The molecule has 2 unspecified atom stereocenters. The van der Waals surface area contributed by atoms with Gasteiger partial charge >= 0.3 is 0 Å². The van der Waals surface area contributed by atoms with Crippen LogP contribution in [-0.2, 0) is 0 Å². The van der Waals surface area contributed by atoms with Gasteiger partial charge in [-0.1, -0.05) is 112 Å². The Hall–Kier alpha value is -1.65. The third-order valence-corrected chi connectivity index (χ3v) is 12.4. The molecule has 1 aliphatic rings. The third-order valence-electron chi connectivity index (χ3n) is 6.72. The molecule has 2 heteroatoms. The molecule has 2 atom stereocenters. The normalized spacial score (nSPS) is 18.8. The summed E-state index contributed by atoms with van der Waals surface area (Å²) in [5.41, 5.74) is 7.41. The van der Waals surface area contributed by atoms with Crippen molar-refractivity contribution in [2.75, 3.05) is 0 Å². The Morgan fingerprint density at radius 2 is 1.32 bits per heavy atom. The van der Waals surface area contributed by atoms with Gasteiger partial charge in [-0.05, 0) is 46.1 Å². The highest BCUT2D eigenvalue weighted by Crippen LogP contribution is 2.37. The molecule has 0 heterocycles. The molecular formula is C26H36Si2. The van der Waals surface area contributed by atoms with Crippen LogP contribution in [0.25, 0.3) is 0 Å². The van der Waals surface area contributed by atoms with E-state index < -0.39 is 16.9 Å². The summed E-state index contributed by atoms with van der Waals surface area (Å²) < 4.78 is 0. The number of benzene rings is 2. The Morgan fingerprint density at radius 3 is 1.82 bits per heavy atom. The second-order valence-corrected chi connectivity index (χ2v) is 17.7. The molecule has 1 aliphatic carbocycles. The van der Waals surface area contributed by atoms with Crippen molar-refractivity contribution in [2.45, 2.75) is 61.2 Å². The van der Waals surface area contributed by atoms with Gasteiger partial charge in [0.15, 0.2) is 0 Å². The van der Waals surface area contributed by atoms with Crippen LogP contribution in [-0.4, -0.2) is 16.9 Å². The molecule has 28 heavy (non-hydrogen) atoms. The van der Waals surface area contributed by atoms with E-state index in [2.05, 4.69) is 104 Å². The predicted molar refractivity (Wildman–Crippen MR) is 132 cm³/mol. The maximum absolute atomic E-state index is 2.58. The van der Waals surface area contributed by atoms with Crippen LogP contribution in [0.15, 0.2) is 64.4 Å². The zero-order valence-electron chi connectivity index (χ0n) is 19.2. The summed E-state index contributed by atoms with van der Waals surface area (Å²) in [6, 6.07) is 16.9. The van der Waals surface area contributed by atoms with Gasteiger partial charge in [0, 0.05) is 0 Å². The van der Waals surface area contributed by atoms with Gasteiger partial charge in [-0.25, -0.2) is 0 Å². The van der Waals surface area contributed by atoms with E-state index in [-0.39, 0.29) is 0 Å². The van der Waals surface area contributed by atoms with Crippen molar-refractivity contribution in [2.24, 2.45) is 5.92 Å². The van der Waals surface area contributed by atoms with E-state index in [1.165, 1.54) is 16.7 Å². The highest BCUT2D eigenvalue weighted by molar-refractivity contribution is 6.93. The Kier molecular flexibility index (Phi) is 5.75. The largest absolute Gasteiger partial charge is 0.129 e. The third kappa shape index (κ3) is 3.90. The van der Waals surface area contributed by atoms with Gasteiger partial charge in [0.1, 0.15) is 8.80 Å². The molecule has 0 amide bonds. The van der Waals surface area contributed by atoms with Crippen LogP contribution < -0.4 is 15.6 Å². The van der Waals surface area contributed by atoms with E-state index in [1.54, 1.807) is 31.9 Å². The SMILES string of the molecule is CC1=C(C)C(C)C([SiH](c2ccc(C)cc2)c2cc(C)cc([Si](C)(C)C)c2)=C1C. The molecule has 0 aliphatic heterocycles. The second kappa shape index (κ2) is 7.64. The standard InChI is InChI=1S/C26H36Si2/c1-17-10-12-23(13-11-17)27(26-21(5)19(3)20(4)22(26)6)24-14-18(2)15-25(16-24)28(7,8)9/h10-16,21,27H,1-9H3. The van der Waals surface area contributed by atoms with Crippen LogP contribution in [0, 0.1) is 19.8 Å². The van der Waals surface area contributed by atoms with Gasteiger partial charge in [-0.15, -0.1) is 0 Å². The van der Waals surface area contributed by atoms with Crippen LogP contribution in [0.3, 0.4) is 0 Å². The minimum absolute atomic E-state index is 0.564. The average Bonchev–Trinajstić information content (AvgIpc) is 2.80. The molecule has 0 saturated heterocycles. The lowest BCUT2D eigenvalue weighted by Gasteiger charge is -2.27. The van der Waals surface area contributed by atoms with Crippen LogP contribution in [0.2, 0.25) is 19.6 Å². The Labute approximate surface area is 175 Å². The number of aryl methyl sites for hydroxylation is 2. The van der Waals surface area contributed by atoms with Crippen LogP contribution >= 0.6 is 0 Å². The van der Waals surface area contributed by atoms with Crippen molar-refractivity contribution in [3.8, 4) is 0 Å². The molecule has 3 rings (SSSR count). The summed E-state index contributed by atoms with van der Waals surface area (Å²) >= 11 is 0. The summed E-state index contributed by atoms with van der Waals surface area (Å²) in [4.78, 5) is 0. The minimum atomic E-state index is -1.48. The average molecular weight is 405 g/mol. The topological polar surface area (TPSA) is 0 Å². The van der Waals surface area contributed by atoms with Crippen molar-refractivity contribution in [1.29, 1.82) is 0 Å².